The van der Waals surface area contributed by atoms with Crippen molar-refractivity contribution in [2.24, 2.45) is 23.7 Å². The minimum Gasteiger partial charge on any atom is -0.378 e. The predicted molar refractivity (Wildman–Crippen MR) is 118 cm³/mol. The van der Waals surface area contributed by atoms with E-state index in [1.54, 1.807) is 12.1 Å². The van der Waals surface area contributed by atoms with E-state index in [2.05, 4.69) is 18.7 Å². The summed E-state index contributed by atoms with van der Waals surface area (Å²) < 4.78 is 40.5. The number of benzene rings is 1. The lowest BCUT2D eigenvalue weighted by Crippen LogP contribution is -2.36. The Morgan fingerprint density at radius 1 is 0.839 bits per heavy atom. The van der Waals surface area contributed by atoms with Gasteiger partial charge in [0, 0.05) is 11.1 Å². The SMILES string of the molecule is C=CC1CCC(C2CCC(C3CC=C(c4ccc(C5CO5)c(F)c4F)CC3)CO2)CC1. The number of hydrogen-bond donors (Lipinski definition) is 0. The van der Waals surface area contributed by atoms with Crippen molar-refractivity contribution in [3.8, 4) is 0 Å². The summed E-state index contributed by atoms with van der Waals surface area (Å²) in [5.74, 6) is 1.15. The zero-order chi connectivity index (χ0) is 21.4. The third-order valence-corrected chi connectivity index (χ3v) is 8.28. The molecule has 168 valence electrons. The fourth-order valence-corrected chi connectivity index (χ4v) is 6.10. The lowest BCUT2D eigenvalue weighted by atomic mass is 9.73. The number of rotatable bonds is 5. The van der Waals surface area contributed by atoms with Gasteiger partial charge in [-0.15, -0.1) is 6.58 Å². The zero-order valence-corrected chi connectivity index (χ0v) is 18.3. The molecule has 0 bridgehead atoms. The molecule has 0 N–H and O–H groups in total. The molecule has 2 saturated heterocycles. The molecule has 0 aromatic heterocycles. The topological polar surface area (TPSA) is 21.8 Å². The van der Waals surface area contributed by atoms with Gasteiger partial charge in [-0.3, -0.25) is 0 Å². The van der Waals surface area contributed by atoms with Crippen LogP contribution in [-0.2, 0) is 9.47 Å². The highest BCUT2D eigenvalue weighted by Crippen LogP contribution is 2.42. The summed E-state index contributed by atoms with van der Waals surface area (Å²) in [6.45, 7) is 5.30. The Hall–Kier alpha value is -1.52. The van der Waals surface area contributed by atoms with Gasteiger partial charge in [-0.05, 0) is 87.0 Å². The predicted octanol–water partition coefficient (Wildman–Crippen LogP) is 7.01. The highest BCUT2D eigenvalue weighted by molar-refractivity contribution is 5.67. The van der Waals surface area contributed by atoms with Crippen LogP contribution in [0.3, 0.4) is 0 Å². The summed E-state index contributed by atoms with van der Waals surface area (Å²) in [7, 11) is 0. The molecule has 5 rings (SSSR count). The number of hydrogen-bond acceptors (Lipinski definition) is 2. The maximum atomic E-state index is 14.7. The standard InChI is InChI=1S/C27H34F2O2/c1-2-17-3-5-20(6-4-17)24-14-11-21(15-30-24)18-7-9-19(10-8-18)22-12-13-23(25-16-31-25)27(29)26(22)28/h2,9,12-13,17-18,20-21,24-25H,1,3-8,10-11,14-16H2. The van der Waals surface area contributed by atoms with E-state index >= 15 is 0 Å². The van der Waals surface area contributed by atoms with Crippen LogP contribution in [-0.4, -0.2) is 19.3 Å². The molecule has 4 heteroatoms. The maximum absolute atomic E-state index is 14.7. The van der Waals surface area contributed by atoms with Crippen molar-refractivity contribution in [3.63, 3.8) is 0 Å². The van der Waals surface area contributed by atoms with Crippen LogP contribution < -0.4 is 0 Å². The third-order valence-electron chi connectivity index (χ3n) is 8.28. The zero-order valence-electron chi connectivity index (χ0n) is 18.3. The molecular weight excluding hydrogens is 394 g/mol. The van der Waals surface area contributed by atoms with Gasteiger partial charge in [-0.1, -0.05) is 24.3 Å². The summed E-state index contributed by atoms with van der Waals surface area (Å²) in [4.78, 5) is 0. The number of halogens is 2. The molecule has 2 aliphatic carbocycles. The molecule has 2 nitrogen and oxygen atoms in total. The van der Waals surface area contributed by atoms with Crippen molar-refractivity contribution >= 4 is 5.57 Å². The van der Waals surface area contributed by atoms with Crippen LogP contribution >= 0.6 is 0 Å². The fraction of sp³-hybridized carbons (Fsp3) is 0.630. The monoisotopic (exact) mass is 428 g/mol. The molecule has 4 atom stereocenters. The molecule has 31 heavy (non-hydrogen) atoms. The van der Waals surface area contributed by atoms with Crippen molar-refractivity contribution < 1.29 is 18.3 Å². The van der Waals surface area contributed by atoms with E-state index in [0.29, 0.717) is 41.6 Å². The van der Waals surface area contributed by atoms with Gasteiger partial charge in [0.2, 0.25) is 0 Å². The largest absolute Gasteiger partial charge is 0.378 e. The maximum Gasteiger partial charge on any atom is 0.166 e. The third kappa shape index (κ3) is 4.52. The molecule has 1 saturated carbocycles. The number of allylic oxidation sites excluding steroid dienone is 3. The fourth-order valence-electron chi connectivity index (χ4n) is 6.10. The number of ether oxygens (including phenoxy) is 2. The van der Waals surface area contributed by atoms with E-state index in [0.717, 1.165) is 37.4 Å². The second-order valence-corrected chi connectivity index (χ2v) is 10.0. The van der Waals surface area contributed by atoms with Crippen LogP contribution in [0, 0.1) is 35.3 Å². The highest BCUT2D eigenvalue weighted by Gasteiger charge is 2.35. The summed E-state index contributed by atoms with van der Waals surface area (Å²) in [6.07, 6.45) is 14.7. The first kappa shape index (κ1) is 21.3. The van der Waals surface area contributed by atoms with Gasteiger partial charge < -0.3 is 9.47 Å². The second kappa shape index (κ2) is 9.15. The van der Waals surface area contributed by atoms with Gasteiger partial charge in [0.15, 0.2) is 11.6 Å². The summed E-state index contributed by atoms with van der Waals surface area (Å²) in [5, 5.41) is 0. The first-order valence-electron chi connectivity index (χ1n) is 12.2. The second-order valence-electron chi connectivity index (χ2n) is 10.0. The Balaban J connectivity index is 1.15. The van der Waals surface area contributed by atoms with Crippen LogP contribution in [0.25, 0.3) is 5.57 Å². The van der Waals surface area contributed by atoms with E-state index in [-0.39, 0.29) is 6.10 Å². The molecule has 3 fully saturated rings. The molecule has 0 spiro atoms. The van der Waals surface area contributed by atoms with Crippen LogP contribution in [0.2, 0.25) is 0 Å². The molecular formula is C27H34F2O2. The number of epoxide rings is 1. The van der Waals surface area contributed by atoms with E-state index in [1.807, 2.05) is 0 Å². The normalized spacial score (nSPS) is 36.0. The average Bonchev–Trinajstić information content (AvgIpc) is 3.67. The van der Waals surface area contributed by atoms with Gasteiger partial charge in [0.25, 0.3) is 0 Å². The molecule has 0 amide bonds. The Bertz CT molecular complexity index is 828. The van der Waals surface area contributed by atoms with Gasteiger partial charge in [-0.2, -0.15) is 0 Å². The molecule has 4 aliphatic rings. The Labute approximate surface area is 184 Å². The average molecular weight is 429 g/mol. The molecule has 2 heterocycles. The van der Waals surface area contributed by atoms with E-state index in [9.17, 15) is 8.78 Å². The Morgan fingerprint density at radius 3 is 2.23 bits per heavy atom. The van der Waals surface area contributed by atoms with Gasteiger partial charge in [0.05, 0.1) is 19.3 Å². The smallest absolute Gasteiger partial charge is 0.166 e. The minimum absolute atomic E-state index is 0.264. The van der Waals surface area contributed by atoms with Crippen LogP contribution in [0.4, 0.5) is 8.78 Å². The molecule has 2 aliphatic heterocycles. The van der Waals surface area contributed by atoms with E-state index in [1.165, 1.54) is 38.5 Å². The molecule has 0 radical (unpaired) electrons. The van der Waals surface area contributed by atoms with Crippen LogP contribution in [0.15, 0.2) is 30.9 Å². The lowest BCUT2D eigenvalue weighted by molar-refractivity contribution is -0.0692. The Morgan fingerprint density at radius 2 is 1.61 bits per heavy atom. The molecule has 1 aromatic rings. The van der Waals surface area contributed by atoms with E-state index < -0.39 is 11.6 Å². The van der Waals surface area contributed by atoms with Gasteiger partial charge in [-0.25, -0.2) is 8.78 Å². The van der Waals surface area contributed by atoms with Crippen molar-refractivity contribution in [2.75, 3.05) is 13.2 Å². The van der Waals surface area contributed by atoms with E-state index in [4.69, 9.17) is 9.47 Å². The molecule has 4 unspecified atom stereocenters. The van der Waals surface area contributed by atoms with Crippen molar-refractivity contribution in [1.29, 1.82) is 0 Å². The van der Waals surface area contributed by atoms with Gasteiger partial charge in [0.1, 0.15) is 6.10 Å². The summed E-state index contributed by atoms with van der Waals surface area (Å²) in [6, 6.07) is 3.42. The minimum atomic E-state index is -0.739. The van der Waals surface area contributed by atoms with Crippen LogP contribution in [0.5, 0.6) is 0 Å². The highest BCUT2D eigenvalue weighted by atomic mass is 19.2. The summed E-state index contributed by atoms with van der Waals surface area (Å²) >= 11 is 0. The lowest BCUT2D eigenvalue weighted by Gasteiger charge is -2.40. The quantitative estimate of drug-likeness (QED) is 0.372. The first-order valence-corrected chi connectivity index (χ1v) is 12.2. The summed E-state index contributed by atoms with van der Waals surface area (Å²) in [5.41, 5.74) is 1.72. The van der Waals surface area contributed by atoms with Crippen molar-refractivity contribution in [3.05, 3.63) is 53.6 Å². The van der Waals surface area contributed by atoms with Crippen LogP contribution in [0.1, 0.15) is 75.0 Å². The Kier molecular flexibility index (Phi) is 6.30. The molecule has 1 aromatic carbocycles. The van der Waals surface area contributed by atoms with Crippen molar-refractivity contribution in [2.45, 2.75) is 70.0 Å². The first-order chi connectivity index (χ1) is 15.1. The van der Waals surface area contributed by atoms with Gasteiger partial charge >= 0.3 is 0 Å². The van der Waals surface area contributed by atoms with Crippen molar-refractivity contribution in [1.82, 2.24) is 0 Å².